The van der Waals surface area contributed by atoms with Gasteiger partial charge in [-0.25, -0.2) is 9.69 Å². The van der Waals surface area contributed by atoms with E-state index in [-0.39, 0.29) is 0 Å². The van der Waals surface area contributed by atoms with Crippen LogP contribution in [-0.4, -0.2) is 35.9 Å². The van der Waals surface area contributed by atoms with E-state index in [9.17, 15) is 9.90 Å². The quantitative estimate of drug-likeness (QED) is 0.540. The van der Waals surface area contributed by atoms with Crippen LogP contribution < -0.4 is 10.2 Å². The molecule has 6 nitrogen and oxygen atoms in total. The topological polar surface area (TPSA) is 74.7 Å². The minimum Gasteiger partial charge on any atom is -0.464 e. The highest BCUT2D eigenvalue weighted by Crippen LogP contribution is 2.37. The molecule has 1 aliphatic heterocycles. The molecule has 1 saturated heterocycles. The normalized spacial score (nSPS) is 15.9. The smallest absolute Gasteiger partial charge is 0.417 e. The first-order valence-corrected chi connectivity index (χ1v) is 11.2. The molecule has 0 aliphatic carbocycles. The molecule has 158 valence electrons. The van der Waals surface area contributed by atoms with Crippen molar-refractivity contribution >= 4 is 38.2 Å². The molecule has 7 heteroatoms. The van der Waals surface area contributed by atoms with Crippen molar-refractivity contribution in [3.63, 3.8) is 0 Å². The number of nitrogens with zero attached hydrogens (tertiary/aromatic N) is 2. The van der Waals surface area contributed by atoms with Crippen LogP contribution in [0.25, 0.3) is 10.1 Å². The predicted octanol–water partition coefficient (Wildman–Crippen LogP) is 5.26. The molecule has 0 spiro atoms. The third-order valence-corrected chi connectivity index (χ3v) is 6.86. The molecule has 1 fully saturated rings. The van der Waals surface area contributed by atoms with Crippen molar-refractivity contribution in [2.24, 2.45) is 11.8 Å². The van der Waals surface area contributed by atoms with Gasteiger partial charge in [0, 0.05) is 30.7 Å². The fraction of sp³-hybridized carbons (Fsp3) is 0.391. The van der Waals surface area contributed by atoms with Crippen LogP contribution >= 0.6 is 11.3 Å². The van der Waals surface area contributed by atoms with Crippen LogP contribution in [0.2, 0.25) is 0 Å². The molecule has 0 saturated carbocycles. The molecule has 2 aromatic heterocycles. The average molecular weight is 426 g/mol. The highest BCUT2D eigenvalue weighted by atomic mass is 32.1. The van der Waals surface area contributed by atoms with E-state index in [1.807, 2.05) is 36.4 Å². The lowest BCUT2D eigenvalue weighted by atomic mass is 9.87. The average Bonchev–Trinajstić information content (AvgIpc) is 3.18. The number of hydrogen-bond donors (Lipinski definition) is 2. The SMILES string of the molecule is CC(CNCc1ncccc1N(C(=O)O)c1cc2ccccc2s1)C1CCOCC1. The summed E-state index contributed by atoms with van der Waals surface area (Å²) in [6.07, 6.45) is 2.92. The number of ether oxygens (including phenoxy) is 1. The molecule has 1 unspecified atom stereocenters. The minimum atomic E-state index is -1.01. The predicted molar refractivity (Wildman–Crippen MR) is 121 cm³/mol. The van der Waals surface area contributed by atoms with Crippen molar-refractivity contribution in [1.82, 2.24) is 10.3 Å². The first-order valence-electron chi connectivity index (χ1n) is 10.4. The Hall–Kier alpha value is -2.48. The van der Waals surface area contributed by atoms with Crippen molar-refractivity contribution in [2.45, 2.75) is 26.3 Å². The first-order chi connectivity index (χ1) is 14.6. The summed E-state index contributed by atoms with van der Waals surface area (Å²) in [4.78, 5) is 18.0. The monoisotopic (exact) mass is 425 g/mol. The van der Waals surface area contributed by atoms with Crippen LogP contribution in [0.5, 0.6) is 0 Å². The summed E-state index contributed by atoms with van der Waals surface area (Å²) >= 11 is 1.47. The summed E-state index contributed by atoms with van der Waals surface area (Å²) in [6, 6.07) is 13.5. The molecule has 1 amide bonds. The van der Waals surface area contributed by atoms with Crippen LogP contribution in [0, 0.1) is 11.8 Å². The Morgan fingerprint density at radius 3 is 2.87 bits per heavy atom. The number of rotatable bonds is 7. The van der Waals surface area contributed by atoms with E-state index in [1.54, 1.807) is 12.3 Å². The number of nitrogens with one attached hydrogen (secondary N) is 1. The van der Waals surface area contributed by atoms with Crippen LogP contribution in [0.3, 0.4) is 0 Å². The number of carbonyl (C=O) groups is 1. The molecule has 3 heterocycles. The second-order valence-electron chi connectivity index (χ2n) is 7.77. The number of aromatic nitrogens is 1. The van der Waals surface area contributed by atoms with Crippen LogP contribution in [0.4, 0.5) is 15.5 Å². The Labute approximate surface area is 180 Å². The highest BCUT2D eigenvalue weighted by molar-refractivity contribution is 7.23. The summed E-state index contributed by atoms with van der Waals surface area (Å²) in [6.45, 7) is 5.36. The number of thiophene rings is 1. The number of benzene rings is 1. The van der Waals surface area contributed by atoms with Crippen molar-refractivity contribution in [1.29, 1.82) is 0 Å². The maximum absolute atomic E-state index is 12.2. The Kier molecular flexibility index (Phi) is 6.62. The van der Waals surface area contributed by atoms with Gasteiger partial charge in [0.1, 0.15) is 5.00 Å². The Balaban J connectivity index is 1.51. The van der Waals surface area contributed by atoms with Gasteiger partial charge in [0.05, 0.1) is 11.4 Å². The van der Waals surface area contributed by atoms with Gasteiger partial charge >= 0.3 is 6.09 Å². The van der Waals surface area contributed by atoms with Gasteiger partial charge in [-0.1, -0.05) is 25.1 Å². The number of amides is 1. The van der Waals surface area contributed by atoms with E-state index in [0.717, 1.165) is 48.4 Å². The summed E-state index contributed by atoms with van der Waals surface area (Å²) < 4.78 is 6.52. The summed E-state index contributed by atoms with van der Waals surface area (Å²) in [7, 11) is 0. The van der Waals surface area contributed by atoms with Gasteiger partial charge < -0.3 is 15.2 Å². The zero-order valence-electron chi connectivity index (χ0n) is 17.1. The van der Waals surface area contributed by atoms with Gasteiger partial charge in [-0.05, 0) is 60.9 Å². The summed E-state index contributed by atoms with van der Waals surface area (Å²) in [5, 5.41) is 15.2. The zero-order chi connectivity index (χ0) is 20.9. The van der Waals surface area contributed by atoms with Crippen molar-refractivity contribution < 1.29 is 14.6 Å². The lowest BCUT2D eigenvalue weighted by molar-refractivity contribution is 0.0494. The first kappa shape index (κ1) is 20.8. The molecule has 0 bridgehead atoms. The minimum absolute atomic E-state index is 0.526. The molecule has 1 aliphatic rings. The van der Waals surface area contributed by atoms with Crippen LogP contribution in [0.15, 0.2) is 48.7 Å². The van der Waals surface area contributed by atoms with Gasteiger partial charge in [-0.2, -0.15) is 0 Å². The number of hydrogen-bond acceptors (Lipinski definition) is 5. The van der Waals surface area contributed by atoms with E-state index in [4.69, 9.17) is 4.74 Å². The number of anilines is 2. The maximum atomic E-state index is 12.2. The van der Waals surface area contributed by atoms with Crippen molar-refractivity contribution in [3.05, 3.63) is 54.4 Å². The Morgan fingerprint density at radius 2 is 2.10 bits per heavy atom. The van der Waals surface area contributed by atoms with Crippen LogP contribution in [0.1, 0.15) is 25.5 Å². The Morgan fingerprint density at radius 1 is 1.30 bits per heavy atom. The van der Waals surface area contributed by atoms with Gasteiger partial charge in [-0.15, -0.1) is 11.3 Å². The number of pyridine rings is 1. The van der Waals surface area contributed by atoms with E-state index in [0.29, 0.717) is 29.1 Å². The van der Waals surface area contributed by atoms with E-state index in [1.165, 1.54) is 16.2 Å². The molecule has 0 radical (unpaired) electrons. The molecule has 4 rings (SSSR count). The van der Waals surface area contributed by atoms with Crippen LogP contribution in [-0.2, 0) is 11.3 Å². The van der Waals surface area contributed by atoms with Crippen molar-refractivity contribution in [2.75, 3.05) is 24.7 Å². The fourth-order valence-corrected chi connectivity index (χ4v) is 5.10. The molecule has 1 atom stereocenters. The standard InChI is InChI=1S/C23H27N3O3S/c1-16(17-8-11-29-12-9-17)14-24-15-19-20(6-4-10-25-19)26(23(27)28)22-13-18-5-2-3-7-21(18)30-22/h2-7,10,13,16-17,24H,8-9,11-12,14-15H2,1H3,(H,27,28). The molecular weight excluding hydrogens is 398 g/mol. The van der Waals surface area contributed by atoms with Crippen molar-refractivity contribution in [3.8, 4) is 0 Å². The third kappa shape index (κ3) is 4.64. The summed E-state index contributed by atoms with van der Waals surface area (Å²) in [5.74, 6) is 1.21. The second kappa shape index (κ2) is 9.55. The number of fused-ring (bicyclic) bond motifs is 1. The molecule has 3 aromatic rings. The molecule has 1 aromatic carbocycles. The fourth-order valence-electron chi connectivity index (χ4n) is 4.03. The third-order valence-electron chi connectivity index (χ3n) is 5.76. The number of carboxylic acid groups (broad SMARTS) is 1. The Bertz CT molecular complexity index is 967. The largest absolute Gasteiger partial charge is 0.464 e. The maximum Gasteiger partial charge on any atom is 0.417 e. The van der Waals surface area contributed by atoms with E-state index < -0.39 is 6.09 Å². The summed E-state index contributed by atoms with van der Waals surface area (Å²) in [5.41, 5.74) is 1.33. The molecular formula is C23H27N3O3S. The van der Waals surface area contributed by atoms with E-state index in [2.05, 4.69) is 17.2 Å². The lowest BCUT2D eigenvalue weighted by Gasteiger charge is -2.28. The highest BCUT2D eigenvalue weighted by Gasteiger charge is 2.23. The van der Waals surface area contributed by atoms with Gasteiger partial charge in [0.15, 0.2) is 0 Å². The van der Waals surface area contributed by atoms with Gasteiger partial charge in [0.25, 0.3) is 0 Å². The van der Waals surface area contributed by atoms with Gasteiger partial charge in [0.2, 0.25) is 0 Å². The second-order valence-corrected chi connectivity index (χ2v) is 8.83. The van der Waals surface area contributed by atoms with E-state index >= 15 is 0 Å². The zero-order valence-corrected chi connectivity index (χ0v) is 17.9. The van der Waals surface area contributed by atoms with Gasteiger partial charge in [-0.3, -0.25) is 4.98 Å². The molecule has 2 N–H and O–H groups in total. The lowest BCUT2D eigenvalue weighted by Crippen LogP contribution is -2.31. The molecule has 30 heavy (non-hydrogen) atoms.